The van der Waals surface area contributed by atoms with Crippen LogP contribution >= 0.6 is 0 Å². The Hall–Kier alpha value is -0.660. The van der Waals surface area contributed by atoms with Crippen LogP contribution in [-0.4, -0.2) is 0 Å². The van der Waals surface area contributed by atoms with Gasteiger partial charge in [-0.2, -0.15) is 10.2 Å². The van der Waals surface area contributed by atoms with Crippen molar-refractivity contribution in [3.05, 3.63) is 18.3 Å². The first-order valence-corrected chi connectivity index (χ1v) is 3.22. The van der Waals surface area contributed by atoms with E-state index in [4.69, 9.17) is 0 Å². The van der Waals surface area contributed by atoms with Crippen LogP contribution in [0.25, 0.3) is 0 Å². The maximum absolute atomic E-state index is 3.91. The van der Waals surface area contributed by atoms with Crippen molar-refractivity contribution in [2.24, 2.45) is 16.1 Å². The first-order chi connectivity index (χ1) is 4.29. The monoisotopic (exact) mass is 123 g/mol. The number of hydrogen-bond acceptors (Lipinski definition) is 2. The Morgan fingerprint density at radius 2 is 2.33 bits per heavy atom. The van der Waals surface area contributed by atoms with Gasteiger partial charge in [-0.05, 0) is 18.4 Å². The van der Waals surface area contributed by atoms with E-state index in [0.29, 0.717) is 5.92 Å². The summed E-state index contributed by atoms with van der Waals surface area (Å²) < 4.78 is 0. The van der Waals surface area contributed by atoms with Gasteiger partial charge in [-0.15, -0.1) is 0 Å². The predicted octanol–water partition coefficient (Wildman–Crippen LogP) is 2.54. The zero-order valence-corrected chi connectivity index (χ0v) is 5.83. The summed E-state index contributed by atoms with van der Waals surface area (Å²) in [7, 11) is 0. The fourth-order valence-electron chi connectivity index (χ4n) is 0.787. The predicted molar refractivity (Wildman–Crippen MR) is 36.7 cm³/mol. The van der Waals surface area contributed by atoms with Crippen LogP contribution in [0.2, 0.25) is 0 Å². The van der Waals surface area contributed by atoms with Crippen molar-refractivity contribution in [1.29, 1.82) is 0 Å². The van der Waals surface area contributed by atoms with Crippen LogP contribution in [0.15, 0.2) is 22.5 Å². The smallest absolute Gasteiger partial charge is 0.132 e. The van der Waals surface area contributed by atoms with Gasteiger partial charge in [-0.25, -0.2) is 0 Å². The van der Waals surface area contributed by atoms with Crippen LogP contribution in [0, 0.1) is 12.0 Å². The Kier molecular flexibility index (Phi) is 1.98. The molecule has 1 rings (SSSR count). The van der Waals surface area contributed by atoms with E-state index in [1.54, 1.807) is 6.20 Å². The highest BCUT2D eigenvalue weighted by atomic mass is 15.1. The molecule has 1 heterocycles. The van der Waals surface area contributed by atoms with Gasteiger partial charge in [0.2, 0.25) is 0 Å². The highest BCUT2D eigenvalue weighted by Gasteiger charge is 2.08. The highest BCUT2D eigenvalue weighted by Crippen LogP contribution is 2.20. The van der Waals surface area contributed by atoms with Crippen LogP contribution in [-0.2, 0) is 0 Å². The van der Waals surface area contributed by atoms with Gasteiger partial charge in [-0.1, -0.05) is 13.8 Å². The van der Waals surface area contributed by atoms with Gasteiger partial charge >= 0.3 is 0 Å². The van der Waals surface area contributed by atoms with E-state index in [1.165, 1.54) is 0 Å². The van der Waals surface area contributed by atoms with Crippen LogP contribution in [0.5, 0.6) is 0 Å². The minimum absolute atomic E-state index is 0.682. The van der Waals surface area contributed by atoms with E-state index in [9.17, 15) is 0 Å². The Labute approximate surface area is 55.7 Å². The van der Waals surface area contributed by atoms with Gasteiger partial charge in [0.1, 0.15) is 6.04 Å². The fourth-order valence-corrected chi connectivity index (χ4v) is 0.787. The molecule has 0 unspecified atom stereocenters. The molecule has 2 heteroatoms. The molecule has 0 aromatic rings. The van der Waals surface area contributed by atoms with Gasteiger partial charge < -0.3 is 0 Å². The van der Waals surface area contributed by atoms with E-state index < -0.39 is 0 Å². The second-order valence-electron chi connectivity index (χ2n) is 2.62. The molecule has 0 aliphatic carbocycles. The van der Waals surface area contributed by atoms with E-state index >= 15 is 0 Å². The van der Waals surface area contributed by atoms with Crippen molar-refractivity contribution in [1.82, 2.24) is 0 Å². The molecule has 0 spiro atoms. The summed E-state index contributed by atoms with van der Waals surface area (Å²) in [5, 5.41) is 7.63. The lowest BCUT2D eigenvalue weighted by atomic mass is 10.1. The SMILES string of the molecule is CC(C)C[C]1C=CN=N1. The maximum Gasteiger partial charge on any atom is 0.132 e. The van der Waals surface area contributed by atoms with Gasteiger partial charge in [-0.3, -0.25) is 0 Å². The molecule has 0 bridgehead atoms. The summed E-state index contributed by atoms with van der Waals surface area (Å²) in [5.74, 6) is 0.682. The molecular formula is C7H11N2. The second-order valence-corrected chi connectivity index (χ2v) is 2.62. The van der Waals surface area contributed by atoms with Crippen LogP contribution < -0.4 is 0 Å². The Morgan fingerprint density at radius 3 is 2.78 bits per heavy atom. The van der Waals surface area contributed by atoms with Crippen molar-refractivity contribution in [2.75, 3.05) is 0 Å². The summed E-state index contributed by atoms with van der Waals surface area (Å²) in [6.07, 6.45) is 4.73. The zero-order valence-electron chi connectivity index (χ0n) is 5.83. The number of rotatable bonds is 2. The molecule has 2 nitrogen and oxygen atoms in total. The molecule has 0 N–H and O–H groups in total. The molecule has 0 atom stereocenters. The summed E-state index contributed by atoms with van der Waals surface area (Å²) in [6.45, 7) is 4.35. The maximum atomic E-state index is 3.91. The number of hydrogen-bond donors (Lipinski definition) is 0. The van der Waals surface area contributed by atoms with Gasteiger partial charge in [0.25, 0.3) is 0 Å². The van der Waals surface area contributed by atoms with Crippen LogP contribution in [0.3, 0.4) is 0 Å². The second kappa shape index (κ2) is 2.76. The highest BCUT2D eigenvalue weighted by molar-refractivity contribution is 5.11. The standard InChI is InChI=1S/C7H11N2/c1-6(2)5-7-3-4-8-9-7/h3-4,6H,5H2,1-2H3. The van der Waals surface area contributed by atoms with E-state index in [2.05, 4.69) is 24.1 Å². The summed E-state index contributed by atoms with van der Waals surface area (Å²) in [5.41, 5.74) is 0. The van der Waals surface area contributed by atoms with E-state index in [-0.39, 0.29) is 0 Å². The average Bonchev–Trinajstić information content (AvgIpc) is 2.15. The van der Waals surface area contributed by atoms with Crippen molar-refractivity contribution in [2.45, 2.75) is 20.3 Å². The first kappa shape index (κ1) is 6.46. The average molecular weight is 123 g/mol. The molecule has 0 fully saturated rings. The third kappa shape index (κ3) is 1.96. The van der Waals surface area contributed by atoms with Crippen molar-refractivity contribution in [3.8, 4) is 0 Å². The molecule has 0 saturated carbocycles. The summed E-state index contributed by atoms with van der Waals surface area (Å²) in [6, 6.07) is 1.10. The molecule has 0 aromatic carbocycles. The third-order valence-corrected chi connectivity index (χ3v) is 1.14. The largest absolute Gasteiger partial charge is 0.175 e. The Bertz CT molecular complexity index is 124. The normalized spacial score (nSPS) is 18.1. The minimum Gasteiger partial charge on any atom is -0.175 e. The minimum atomic E-state index is 0.682. The van der Waals surface area contributed by atoms with Gasteiger partial charge in [0, 0.05) is 6.20 Å². The molecular weight excluding hydrogens is 112 g/mol. The van der Waals surface area contributed by atoms with Crippen molar-refractivity contribution >= 4 is 0 Å². The van der Waals surface area contributed by atoms with E-state index in [1.807, 2.05) is 6.08 Å². The lowest BCUT2D eigenvalue weighted by molar-refractivity contribution is 0.606. The van der Waals surface area contributed by atoms with Gasteiger partial charge in [0.05, 0.1) is 0 Å². The molecule has 9 heavy (non-hydrogen) atoms. The lowest BCUT2D eigenvalue weighted by Gasteiger charge is -2.03. The van der Waals surface area contributed by atoms with Crippen LogP contribution in [0.4, 0.5) is 0 Å². The lowest BCUT2D eigenvalue weighted by Crippen LogP contribution is -1.92. The molecule has 0 amide bonds. The summed E-state index contributed by atoms with van der Waals surface area (Å²) in [4.78, 5) is 0. The molecule has 1 aliphatic rings. The van der Waals surface area contributed by atoms with Crippen molar-refractivity contribution in [3.63, 3.8) is 0 Å². The zero-order chi connectivity index (χ0) is 6.69. The van der Waals surface area contributed by atoms with E-state index in [0.717, 1.165) is 12.5 Å². The number of azo groups is 1. The summed E-state index contributed by atoms with van der Waals surface area (Å²) >= 11 is 0. The molecule has 49 valence electrons. The quantitative estimate of drug-likeness (QED) is 0.539. The first-order valence-electron chi connectivity index (χ1n) is 3.22. The van der Waals surface area contributed by atoms with Crippen LogP contribution in [0.1, 0.15) is 20.3 Å². The third-order valence-electron chi connectivity index (χ3n) is 1.14. The molecule has 0 aromatic heterocycles. The molecule has 1 radical (unpaired) electrons. The topological polar surface area (TPSA) is 24.7 Å². The molecule has 0 saturated heterocycles. The fraction of sp³-hybridized carbons (Fsp3) is 0.571. The molecule has 1 aliphatic heterocycles. The number of nitrogens with zero attached hydrogens (tertiary/aromatic N) is 2. The van der Waals surface area contributed by atoms with Crippen molar-refractivity contribution < 1.29 is 0 Å². The Morgan fingerprint density at radius 1 is 1.56 bits per heavy atom. The van der Waals surface area contributed by atoms with Gasteiger partial charge in [0.15, 0.2) is 0 Å². The Balaban J connectivity index is 2.29.